The van der Waals surface area contributed by atoms with Crippen molar-refractivity contribution in [1.82, 2.24) is 19.9 Å². The van der Waals surface area contributed by atoms with Crippen molar-refractivity contribution in [2.24, 2.45) is 0 Å². The van der Waals surface area contributed by atoms with Gasteiger partial charge in [-0.15, -0.1) is 0 Å². The largest absolute Gasteiger partial charge is 0.310 e. The molecule has 114 valence electrons. The molecule has 0 bridgehead atoms. The van der Waals surface area contributed by atoms with E-state index in [9.17, 15) is 4.79 Å². The van der Waals surface area contributed by atoms with Crippen molar-refractivity contribution in [2.45, 2.75) is 13.3 Å². The fourth-order valence-corrected chi connectivity index (χ4v) is 2.15. The van der Waals surface area contributed by atoms with Gasteiger partial charge in [-0.2, -0.15) is 0 Å². The van der Waals surface area contributed by atoms with Crippen LogP contribution < -0.4 is 5.32 Å². The average molecular weight is 305 g/mol. The maximum absolute atomic E-state index is 12.0. The number of carbonyl (C=O) groups is 1. The molecule has 1 N–H and O–H groups in total. The lowest BCUT2D eigenvalue weighted by molar-refractivity contribution is -0.115. The molecule has 3 rings (SSSR count). The molecule has 1 amide bonds. The zero-order valence-electron chi connectivity index (χ0n) is 12.6. The van der Waals surface area contributed by atoms with Gasteiger partial charge in [-0.05, 0) is 30.2 Å². The van der Waals surface area contributed by atoms with E-state index in [2.05, 4.69) is 25.3 Å². The second-order valence-corrected chi connectivity index (χ2v) is 5.12. The molecule has 0 radical (unpaired) electrons. The van der Waals surface area contributed by atoms with E-state index in [1.165, 1.54) is 0 Å². The molecule has 23 heavy (non-hydrogen) atoms. The minimum Gasteiger partial charge on any atom is -0.310 e. The number of hydrogen-bond acceptors (Lipinski definition) is 5. The fourth-order valence-electron chi connectivity index (χ4n) is 2.15. The Labute approximate surface area is 133 Å². The number of rotatable bonds is 4. The molecule has 0 fully saturated rings. The maximum Gasteiger partial charge on any atom is 0.230 e. The van der Waals surface area contributed by atoms with Crippen LogP contribution in [0.4, 0.5) is 5.82 Å². The van der Waals surface area contributed by atoms with Crippen LogP contribution in [0.5, 0.6) is 0 Å². The summed E-state index contributed by atoms with van der Waals surface area (Å²) in [7, 11) is 0. The van der Waals surface area contributed by atoms with Crippen molar-refractivity contribution in [3.05, 3.63) is 66.5 Å². The van der Waals surface area contributed by atoms with Crippen molar-refractivity contribution in [2.75, 3.05) is 5.32 Å². The van der Waals surface area contributed by atoms with Crippen molar-refractivity contribution in [3.8, 4) is 11.3 Å². The molecule has 0 atom stereocenters. The lowest BCUT2D eigenvalue weighted by Crippen LogP contribution is -2.15. The molecule has 6 heteroatoms. The minimum absolute atomic E-state index is 0.128. The molecular formula is C17H15N5O. The smallest absolute Gasteiger partial charge is 0.230 e. The molecule has 0 aromatic carbocycles. The van der Waals surface area contributed by atoms with Gasteiger partial charge in [-0.1, -0.05) is 6.07 Å². The third-order valence-electron chi connectivity index (χ3n) is 3.19. The van der Waals surface area contributed by atoms with Crippen LogP contribution in [-0.2, 0) is 11.2 Å². The molecule has 0 spiro atoms. The van der Waals surface area contributed by atoms with Crippen LogP contribution in [0.1, 0.15) is 11.1 Å². The third kappa shape index (κ3) is 3.94. The summed E-state index contributed by atoms with van der Waals surface area (Å²) in [6.07, 6.45) is 10.3. The zero-order valence-corrected chi connectivity index (χ0v) is 12.6. The van der Waals surface area contributed by atoms with Gasteiger partial charge in [0.2, 0.25) is 5.91 Å². The van der Waals surface area contributed by atoms with Crippen LogP contribution >= 0.6 is 0 Å². The molecule has 0 aliphatic heterocycles. The van der Waals surface area contributed by atoms with Crippen LogP contribution in [0.3, 0.4) is 0 Å². The molecule has 3 aromatic heterocycles. The van der Waals surface area contributed by atoms with Crippen molar-refractivity contribution >= 4 is 11.7 Å². The lowest BCUT2D eigenvalue weighted by Gasteiger charge is -2.06. The highest BCUT2D eigenvalue weighted by molar-refractivity contribution is 5.91. The van der Waals surface area contributed by atoms with Crippen molar-refractivity contribution in [1.29, 1.82) is 0 Å². The standard InChI is InChI=1S/C17H15N5O/c1-12-6-13(9-19-8-12)7-17(23)22-16-3-2-14(10-21-16)15-11-18-4-5-20-15/h2-6,8-11H,7H2,1H3,(H,21,22,23). The van der Waals surface area contributed by atoms with Gasteiger partial charge in [0.15, 0.2) is 0 Å². The monoisotopic (exact) mass is 305 g/mol. The van der Waals surface area contributed by atoms with E-state index in [4.69, 9.17) is 0 Å². The third-order valence-corrected chi connectivity index (χ3v) is 3.19. The van der Waals surface area contributed by atoms with Gasteiger partial charge in [-0.3, -0.25) is 19.7 Å². The number of aromatic nitrogens is 4. The molecule has 0 aliphatic rings. The highest BCUT2D eigenvalue weighted by Gasteiger charge is 2.06. The average Bonchev–Trinajstić information content (AvgIpc) is 2.56. The topological polar surface area (TPSA) is 80.7 Å². The molecule has 3 aromatic rings. The molecule has 0 saturated carbocycles. The molecular weight excluding hydrogens is 290 g/mol. The van der Waals surface area contributed by atoms with Crippen LogP contribution in [0.15, 0.2) is 55.4 Å². The minimum atomic E-state index is -0.128. The van der Waals surface area contributed by atoms with Crippen molar-refractivity contribution in [3.63, 3.8) is 0 Å². The molecule has 3 heterocycles. The fraction of sp³-hybridized carbons (Fsp3) is 0.118. The van der Waals surface area contributed by atoms with E-state index in [1.54, 1.807) is 43.2 Å². The molecule has 0 unspecified atom stereocenters. The summed E-state index contributed by atoms with van der Waals surface area (Å²) in [5, 5.41) is 2.77. The Kier molecular flexibility index (Phi) is 4.33. The number of nitrogens with one attached hydrogen (secondary N) is 1. The molecule has 6 nitrogen and oxygen atoms in total. The van der Waals surface area contributed by atoms with Crippen molar-refractivity contribution < 1.29 is 4.79 Å². The van der Waals surface area contributed by atoms with Gasteiger partial charge in [0, 0.05) is 36.5 Å². The number of carbonyl (C=O) groups excluding carboxylic acids is 1. The van der Waals surface area contributed by atoms with Crippen LogP contribution in [-0.4, -0.2) is 25.8 Å². The predicted molar refractivity (Wildman–Crippen MR) is 86.6 cm³/mol. The van der Waals surface area contributed by atoms with Gasteiger partial charge >= 0.3 is 0 Å². The SMILES string of the molecule is Cc1cncc(CC(=O)Nc2ccc(-c3cnccn3)cn2)c1. The summed E-state index contributed by atoms with van der Waals surface area (Å²) in [5.74, 6) is 0.375. The van der Waals surface area contributed by atoms with E-state index < -0.39 is 0 Å². The second kappa shape index (κ2) is 6.74. The predicted octanol–water partition coefficient (Wildman–Crippen LogP) is 2.42. The molecule has 0 aliphatic carbocycles. The Balaban J connectivity index is 1.65. The number of hydrogen-bond donors (Lipinski definition) is 1. The van der Waals surface area contributed by atoms with Crippen LogP contribution in [0.2, 0.25) is 0 Å². The van der Waals surface area contributed by atoms with E-state index in [1.807, 2.05) is 19.1 Å². The van der Waals surface area contributed by atoms with E-state index >= 15 is 0 Å². The van der Waals surface area contributed by atoms with Gasteiger partial charge in [0.1, 0.15) is 5.82 Å². The van der Waals surface area contributed by atoms with Crippen LogP contribution in [0, 0.1) is 6.92 Å². The summed E-state index contributed by atoms with van der Waals surface area (Å²) < 4.78 is 0. The van der Waals surface area contributed by atoms with Gasteiger partial charge in [0.05, 0.1) is 18.3 Å². The maximum atomic E-state index is 12.0. The Morgan fingerprint density at radius 2 is 1.96 bits per heavy atom. The summed E-state index contributed by atoms with van der Waals surface area (Å²) in [4.78, 5) is 28.6. The number of anilines is 1. The Hall–Kier alpha value is -3.15. The quantitative estimate of drug-likeness (QED) is 0.800. The highest BCUT2D eigenvalue weighted by Crippen LogP contribution is 2.16. The lowest BCUT2D eigenvalue weighted by atomic mass is 10.1. The summed E-state index contributed by atoms with van der Waals surface area (Å²) in [6.45, 7) is 1.95. The number of nitrogens with zero attached hydrogens (tertiary/aromatic N) is 4. The first-order valence-corrected chi connectivity index (χ1v) is 7.13. The first kappa shape index (κ1) is 14.8. The second-order valence-electron chi connectivity index (χ2n) is 5.12. The summed E-state index contributed by atoms with van der Waals surface area (Å²) in [5.41, 5.74) is 3.49. The van der Waals surface area contributed by atoms with Gasteiger partial charge in [-0.25, -0.2) is 4.98 Å². The first-order chi connectivity index (χ1) is 11.2. The van der Waals surface area contributed by atoms with Crippen LogP contribution in [0.25, 0.3) is 11.3 Å². The zero-order chi connectivity index (χ0) is 16.1. The first-order valence-electron chi connectivity index (χ1n) is 7.13. The highest BCUT2D eigenvalue weighted by atomic mass is 16.1. The van der Waals surface area contributed by atoms with Gasteiger partial charge in [0.25, 0.3) is 0 Å². The van der Waals surface area contributed by atoms with Gasteiger partial charge < -0.3 is 5.32 Å². The normalized spacial score (nSPS) is 10.3. The number of pyridine rings is 2. The van der Waals surface area contributed by atoms with E-state index in [-0.39, 0.29) is 12.3 Å². The Bertz CT molecular complexity index is 803. The summed E-state index contributed by atoms with van der Waals surface area (Å²) in [6, 6.07) is 5.54. The Morgan fingerprint density at radius 3 is 2.65 bits per heavy atom. The molecule has 0 saturated heterocycles. The Morgan fingerprint density at radius 1 is 1.04 bits per heavy atom. The van der Waals surface area contributed by atoms with E-state index in [0.717, 1.165) is 22.4 Å². The number of aryl methyl sites for hydroxylation is 1. The summed E-state index contributed by atoms with van der Waals surface area (Å²) >= 11 is 0. The number of amides is 1. The van der Waals surface area contributed by atoms with E-state index in [0.29, 0.717) is 5.82 Å².